The van der Waals surface area contributed by atoms with Gasteiger partial charge in [-0.2, -0.15) is 5.26 Å². The average Bonchev–Trinajstić information content (AvgIpc) is 2.02. The molecule has 0 aromatic carbocycles. The molecular weight excluding hydrogens is 168 g/mol. The zero-order chi connectivity index (χ0) is 9.84. The van der Waals surface area contributed by atoms with E-state index in [1.807, 2.05) is 6.07 Å². The molecule has 0 saturated carbocycles. The molecule has 5 heteroatoms. The molecule has 0 spiro atoms. The quantitative estimate of drug-likeness (QED) is 0.672. The Balaban J connectivity index is 3.08. The molecule has 0 aliphatic rings. The molecule has 1 rings (SSSR count). The fraction of sp³-hybridized carbons (Fsp3) is 0.375. The first-order valence-corrected chi connectivity index (χ1v) is 3.87. The number of nitrogen functional groups attached to an aromatic ring is 1. The Morgan fingerprint density at radius 2 is 2.38 bits per heavy atom. The van der Waals surface area contributed by atoms with E-state index in [2.05, 4.69) is 9.97 Å². The Labute approximate surface area is 75.2 Å². The SMILES string of the molecule is Cc1nc(N)[nH]c(=O)c1CCC#N. The summed E-state index contributed by atoms with van der Waals surface area (Å²) in [6, 6.07) is 1.97. The van der Waals surface area contributed by atoms with Crippen molar-refractivity contribution >= 4 is 5.95 Å². The van der Waals surface area contributed by atoms with Gasteiger partial charge in [0.2, 0.25) is 5.95 Å². The number of aromatic nitrogens is 2. The lowest BCUT2D eigenvalue weighted by Crippen LogP contribution is -2.18. The monoisotopic (exact) mass is 178 g/mol. The Morgan fingerprint density at radius 1 is 1.69 bits per heavy atom. The van der Waals surface area contributed by atoms with Crippen molar-refractivity contribution in [2.24, 2.45) is 0 Å². The third kappa shape index (κ3) is 2.06. The highest BCUT2D eigenvalue weighted by atomic mass is 16.1. The van der Waals surface area contributed by atoms with Crippen LogP contribution in [0.5, 0.6) is 0 Å². The third-order valence-corrected chi connectivity index (χ3v) is 1.73. The van der Waals surface area contributed by atoms with Gasteiger partial charge in [-0.3, -0.25) is 9.78 Å². The van der Waals surface area contributed by atoms with Crippen LogP contribution in [-0.2, 0) is 6.42 Å². The molecule has 13 heavy (non-hydrogen) atoms. The first-order chi connectivity index (χ1) is 6.15. The van der Waals surface area contributed by atoms with E-state index in [4.69, 9.17) is 11.0 Å². The molecule has 0 atom stereocenters. The molecule has 68 valence electrons. The maximum absolute atomic E-state index is 11.3. The normalized spacial score (nSPS) is 9.54. The first-order valence-electron chi connectivity index (χ1n) is 3.87. The lowest BCUT2D eigenvalue weighted by Gasteiger charge is -2.01. The van der Waals surface area contributed by atoms with Crippen molar-refractivity contribution in [3.05, 3.63) is 21.6 Å². The van der Waals surface area contributed by atoms with Crippen LogP contribution < -0.4 is 11.3 Å². The Bertz CT molecular complexity index is 402. The predicted octanol–water partition coefficient (Wildman–Crippen LogP) is 0.117. The fourth-order valence-electron chi connectivity index (χ4n) is 1.11. The molecule has 0 aliphatic carbocycles. The van der Waals surface area contributed by atoms with Crippen LogP contribution in [0.15, 0.2) is 4.79 Å². The summed E-state index contributed by atoms with van der Waals surface area (Å²) in [7, 11) is 0. The molecule has 0 saturated heterocycles. The number of H-pyrrole nitrogens is 1. The molecule has 0 unspecified atom stereocenters. The highest BCUT2D eigenvalue weighted by molar-refractivity contribution is 5.24. The van der Waals surface area contributed by atoms with Gasteiger partial charge < -0.3 is 5.73 Å². The number of aryl methyl sites for hydroxylation is 1. The molecule has 5 nitrogen and oxygen atoms in total. The van der Waals surface area contributed by atoms with E-state index in [1.165, 1.54) is 0 Å². The number of nitriles is 1. The van der Waals surface area contributed by atoms with Gasteiger partial charge in [0, 0.05) is 17.7 Å². The van der Waals surface area contributed by atoms with Crippen LogP contribution in [0.2, 0.25) is 0 Å². The van der Waals surface area contributed by atoms with Crippen molar-refractivity contribution in [2.75, 3.05) is 5.73 Å². The molecule has 0 bridgehead atoms. The molecule has 0 radical (unpaired) electrons. The van der Waals surface area contributed by atoms with E-state index in [1.54, 1.807) is 6.92 Å². The van der Waals surface area contributed by atoms with Gasteiger partial charge in [-0.1, -0.05) is 0 Å². The zero-order valence-corrected chi connectivity index (χ0v) is 7.29. The molecule has 0 aliphatic heterocycles. The minimum atomic E-state index is -0.250. The second kappa shape index (κ2) is 3.72. The molecule has 1 aromatic rings. The van der Waals surface area contributed by atoms with Gasteiger partial charge in [-0.25, -0.2) is 4.98 Å². The minimum absolute atomic E-state index is 0.114. The Morgan fingerprint density at radius 3 is 2.92 bits per heavy atom. The highest BCUT2D eigenvalue weighted by Gasteiger charge is 2.05. The summed E-state index contributed by atoms with van der Waals surface area (Å²) in [5.41, 5.74) is 6.21. The number of aromatic amines is 1. The lowest BCUT2D eigenvalue weighted by molar-refractivity contribution is 0.922. The maximum atomic E-state index is 11.3. The standard InChI is InChI=1S/C8H10N4O/c1-5-6(3-2-4-9)7(13)12-8(10)11-5/h2-3H2,1H3,(H3,10,11,12,13). The number of nitrogens with two attached hydrogens (primary N) is 1. The van der Waals surface area contributed by atoms with Crippen molar-refractivity contribution in [3.8, 4) is 6.07 Å². The number of nitrogens with zero attached hydrogens (tertiary/aromatic N) is 2. The predicted molar refractivity (Wildman–Crippen MR) is 47.9 cm³/mol. The number of hydrogen-bond acceptors (Lipinski definition) is 4. The first kappa shape index (κ1) is 9.26. The molecule has 1 aromatic heterocycles. The van der Waals surface area contributed by atoms with Crippen molar-refractivity contribution in [3.63, 3.8) is 0 Å². The number of anilines is 1. The van der Waals surface area contributed by atoms with Gasteiger partial charge in [-0.05, 0) is 13.3 Å². The fourth-order valence-corrected chi connectivity index (χ4v) is 1.11. The van der Waals surface area contributed by atoms with E-state index in [0.29, 0.717) is 24.1 Å². The number of nitrogens with one attached hydrogen (secondary N) is 1. The summed E-state index contributed by atoms with van der Waals surface area (Å²) in [4.78, 5) is 17.6. The summed E-state index contributed by atoms with van der Waals surface area (Å²) in [6.45, 7) is 1.71. The second-order valence-corrected chi connectivity index (χ2v) is 2.67. The van der Waals surface area contributed by atoms with Crippen LogP contribution in [0.25, 0.3) is 0 Å². The second-order valence-electron chi connectivity index (χ2n) is 2.67. The summed E-state index contributed by atoms with van der Waals surface area (Å²) in [5, 5.41) is 8.36. The van der Waals surface area contributed by atoms with Gasteiger partial charge in [0.1, 0.15) is 0 Å². The Hall–Kier alpha value is -1.83. The van der Waals surface area contributed by atoms with Crippen LogP contribution in [0.4, 0.5) is 5.95 Å². The average molecular weight is 178 g/mol. The maximum Gasteiger partial charge on any atom is 0.255 e. The molecule has 3 N–H and O–H groups in total. The van der Waals surface area contributed by atoms with Gasteiger partial charge in [0.05, 0.1) is 6.07 Å². The molecule has 1 heterocycles. The van der Waals surface area contributed by atoms with Crippen LogP contribution in [0, 0.1) is 18.3 Å². The molecule has 0 amide bonds. The lowest BCUT2D eigenvalue weighted by atomic mass is 10.1. The number of hydrogen-bond donors (Lipinski definition) is 2. The van der Waals surface area contributed by atoms with Crippen LogP contribution in [0.1, 0.15) is 17.7 Å². The van der Waals surface area contributed by atoms with Crippen molar-refractivity contribution < 1.29 is 0 Å². The van der Waals surface area contributed by atoms with Gasteiger partial charge in [0.25, 0.3) is 5.56 Å². The van der Waals surface area contributed by atoms with Gasteiger partial charge in [-0.15, -0.1) is 0 Å². The van der Waals surface area contributed by atoms with Gasteiger partial charge >= 0.3 is 0 Å². The summed E-state index contributed by atoms with van der Waals surface area (Å²) in [6.07, 6.45) is 0.737. The Kier molecular flexibility index (Phi) is 2.65. The summed E-state index contributed by atoms with van der Waals surface area (Å²) < 4.78 is 0. The van der Waals surface area contributed by atoms with Crippen LogP contribution in [-0.4, -0.2) is 9.97 Å². The van der Waals surface area contributed by atoms with Crippen LogP contribution in [0.3, 0.4) is 0 Å². The number of rotatable bonds is 2. The molecular formula is C8H10N4O. The minimum Gasteiger partial charge on any atom is -0.369 e. The summed E-state index contributed by atoms with van der Waals surface area (Å²) >= 11 is 0. The van der Waals surface area contributed by atoms with E-state index >= 15 is 0 Å². The largest absolute Gasteiger partial charge is 0.369 e. The van der Waals surface area contributed by atoms with Crippen molar-refractivity contribution in [1.29, 1.82) is 5.26 Å². The van der Waals surface area contributed by atoms with E-state index < -0.39 is 0 Å². The van der Waals surface area contributed by atoms with E-state index in [9.17, 15) is 4.79 Å². The highest BCUT2D eigenvalue weighted by Crippen LogP contribution is 2.02. The van der Waals surface area contributed by atoms with Crippen molar-refractivity contribution in [1.82, 2.24) is 9.97 Å². The van der Waals surface area contributed by atoms with E-state index in [0.717, 1.165) is 0 Å². The van der Waals surface area contributed by atoms with Crippen molar-refractivity contribution in [2.45, 2.75) is 19.8 Å². The third-order valence-electron chi connectivity index (χ3n) is 1.73. The van der Waals surface area contributed by atoms with Crippen LogP contribution >= 0.6 is 0 Å². The topological polar surface area (TPSA) is 95.6 Å². The molecule has 0 fully saturated rings. The smallest absolute Gasteiger partial charge is 0.255 e. The summed E-state index contributed by atoms with van der Waals surface area (Å²) in [5.74, 6) is 0.114. The van der Waals surface area contributed by atoms with E-state index in [-0.39, 0.29) is 11.5 Å². The van der Waals surface area contributed by atoms with Gasteiger partial charge in [0.15, 0.2) is 0 Å². The zero-order valence-electron chi connectivity index (χ0n) is 7.29.